The lowest BCUT2D eigenvalue weighted by atomic mass is 10.2. The molecule has 0 bridgehead atoms. The maximum absolute atomic E-state index is 12.1. The van der Waals surface area contributed by atoms with Crippen LogP contribution in [0.4, 0.5) is 5.69 Å². The Kier molecular flexibility index (Phi) is 6.83. The topological polar surface area (TPSA) is 72.0 Å². The normalized spacial score (nSPS) is 11.8. The van der Waals surface area contributed by atoms with Gasteiger partial charge in [-0.2, -0.15) is 5.10 Å². The van der Waals surface area contributed by atoms with Crippen LogP contribution in [0.25, 0.3) is 0 Å². The number of nitrogens with one attached hydrogen (secondary N) is 2. The van der Waals surface area contributed by atoms with E-state index in [2.05, 4.69) is 15.8 Å². The number of ether oxygens (including phenoxy) is 2. The van der Waals surface area contributed by atoms with Crippen molar-refractivity contribution in [1.29, 1.82) is 0 Å². The number of hydrogen-bond donors (Lipinski definition) is 2. The molecule has 0 aliphatic carbocycles. The largest absolute Gasteiger partial charge is 0.497 e. The fourth-order valence-corrected chi connectivity index (χ4v) is 2.09. The van der Waals surface area contributed by atoms with Gasteiger partial charge in [0.05, 0.1) is 19.9 Å². The van der Waals surface area contributed by atoms with E-state index in [1.165, 1.54) is 0 Å². The summed E-state index contributed by atoms with van der Waals surface area (Å²) in [7, 11) is 1.61. The van der Waals surface area contributed by atoms with Crippen LogP contribution in [-0.4, -0.2) is 31.9 Å². The van der Waals surface area contributed by atoms with Crippen molar-refractivity contribution >= 4 is 17.8 Å². The van der Waals surface area contributed by atoms with Crippen LogP contribution in [0.5, 0.6) is 11.5 Å². The first-order valence-corrected chi connectivity index (χ1v) is 8.08. The summed E-state index contributed by atoms with van der Waals surface area (Å²) in [6.07, 6.45) is 1.58. The molecule has 6 heteroatoms. The van der Waals surface area contributed by atoms with Crippen LogP contribution in [0.3, 0.4) is 0 Å². The maximum Gasteiger partial charge on any atom is 0.262 e. The molecule has 0 heterocycles. The van der Waals surface area contributed by atoms with Gasteiger partial charge in [-0.3, -0.25) is 4.79 Å². The number of anilines is 1. The Morgan fingerprint density at radius 1 is 1.12 bits per heavy atom. The van der Waals surface area contributed by atoms with E-state index in [0.29, 0.717) is 6.61 Å². The molecular formula is C19H23N3O3. The first-order valence-electron chi connectivity index (χ1n) is 8.08. The van der Waals surface area contributed by atoms with E-state index in [9.17, 15) is 4.79 Å². The van der Waals surface area contributed by atoms with Gasteiger partial charge in [0.1, 0.15) is 17.5 Å². The van der Waals surface area contributed by atoms with Crippen LogP contribution < -0.4 is 20.2 Å². The van der Waals surface area contributed by atoms with Gasteiger partial charge in [0.25, 0.3) is 5.91 Å². The minimum Gasteiger partial charge on any atom is -0.497 e. The predicted octanol–water partition coefficient (Wildman–Crippen LogP) is 3.04. The predicted molar refractivity (Wildman–Crippen MR) is 99.4 cm³/mol. The van der Waals surface area contributed by atoms with Crippen molar-refractivity contribution in [3.8, 4) is 11.5 Å². The molecule has 2 aromatic carbocycles. The van der Waals surface area contributed by atoms with Crippen molar-refractivity contribution in [1.82, 2.24) is 5.43 Å². The summed E-state index contributed by atoms with van der Waals surface area (Å²) < 4.78 is 10.5. The van der Waals surface area contributed by atoms with Crippen LogP contribution in [-0.2, 0) is 4.79 Å². The Morgan fingerprint density at radius 3 is 2.36 bits per heavy atom. The highest BCUT2D eigenvalue weighted by molar-refractivity contribution is 5.86. The van der Waals surface area contributed by atoms with Gasteiger partial charge < -0.3 is 14.8 Å². The number of amides is 1. The van der Waals surface area contributed by atoms with E-state index < -0.39 is 6.04 Å². The van der Waals surface area contributed by atoms with Crippen molar-refractivity contribution in [3.05, 3.63) is 54.1 Å². The van der Waals surface area contributed by atoms with Gasteiger partial charge in [0, 0.05) is 5.69 Å². The summed E-state index contributed by atoms with van der Waals surface area (Å²) in [4.78, 5) is 12.1. The monoisotopic (exact) mass is 341 g/mol. The minimum absolute atomic E-state index is 0.223. The molecule has 0 aromatic heterocycles. The maximum atomic E-state index is 12.1. The number of benzene rings is 2. The Balaban J connectivity index is 1.83. The molecule has 1 amide bonds. The summed E-state index contributed by atoms with van der Waals surface area (Å²) in [6.45, 7) is 4.33. The molecule has 6 nitrogen and oxygen atoms in total. The van der Waals surface area contributed by atoms with Crippen LogP contribution >= 0.6 is 0 Å². The summed E-state index contributed by atoms with van der Waals surface area (Å²) in [6, 6.07) is 14.4. The summed E-state index contributed by atoms with van der Waals surface area (Å²) in [5.41, 5.74) is 4.23. The number of rotatable bonds is 8. The lowest BCUT2D eigenvalue weighted by Gasteiger charge is -2.14. The van der Waals surface area contributed by atoms with Gasteiger partial charge in [-0.05, 0) is 67.9 Å². The Bertz CT molecular complexity index is 697. The zero-order valence-electron chi connectivity index (χ0n) is 14.7. The molecule has 0 radical (unpaired) electrons. The van der Waals surface area contributed by atoms with Crippen molar-refractivity contribution in [2.24, 2.45) is 5.10 Å². The van der Waals surface area contributed by atoms with E-state index in [0.717, 1.165) is 22.7 Å². The summed E-state index contributed by atoms with van der Waals surface area (Å²) >= 11 is 0. The van der Waals surface area contributed by atoms with Gasteiger partial charge in [-0.1, -0.05) is 0 Å². The minimum atomic E-state index is -0.425. The number of carbonyl (C=O) groups excluding carboxylic acids is 1. The van der Waals surface area contributed by atoms with E-state index >= 15 is 0 Å². The van der Waals surface area contributed by atoms with E-state index in [1.54, 1.807) is 20.2 Å². The molecular weight excluding hydrogens is 318 g/mol. The average molecular weight is 341 g/mol. The van der Waals surface area contributed by atoms with Crippen LogP contribution in [0.15, 0.2) is 53.6 Å². The Hall–Kier alpha value is -3.02. The Morgan fingerprint density at radius 2 is 1.76 bits per heavy atom. The number of hydrogen-bond acceptors (Lipinski definition) is 5. The zero-order valence-corrected chi connectivity index (χ0v) is 14.7. The average Bonchev–Trinajstić information content (AvgIpc) is 2.64. The van der Waals surface area contributed by atoms with Crippen LogP contribution in [0.2, 0.25) is 0 Å². The van der Waals surface area contributed by atoms with Gasteiger partial charge in [0.2, 0.25) is 0 Å². The van der Waals surface area contributed by atoms with Crippen molar-refractivity contribution < 1.29 is 14.3 Å². The molecule has 2 aromatic rings. The number of methoxy groups -OCH3 is 1. The molecule has 0 spiro atoms. The molecule has 0 aliphatic rings. The van der Waals surface area contributed by atoms with Gasteiger partial charge in [0.15, 0.2) is 0 Å². The van der Waals surface area contributed by atoms with Gasteiger partial charge in [-0.15, -0.1) is 0 Å². The quantitative estimate of drug-likeness (QED) is 0.572. The molecule has 1 atom stereocenters. The molecule has 0 saturated carbocycles. The summed E-state index contributed by atoms with van der Waals surface area (Å²) in [5, 5.41) is 7.09. The fraction of sp³-hybridized carbons (Fsp3) is 0.263. The van der Waals surface area contributed by atoms with Crippen molar-refractivity contribution in [2.45, 2.75) is 19.9 Å². The molecule has 0 unspecified atom stereocenters. The highest BCUT2D eigenvalue weighted by atomic mass is 16.5. The first kappa shape index (κ1) is 18.3. The SMILES string of the molecule is CCOc1ccc(N[C@H](C)C(=O)N/N=C\c2ccc(OC)cc2)cc1. The molecule has 0 fully saturated rings. The van der Waals surface area contributed by atoms with E-state index in [1.807, 2.05) is 55.5 Å². The molecule has 2 N–H and O–H groups in total. The number of carbonyl (C=O) groups is 1. The van der Waals surface area contributed by atoms with Gasteiger partial charge >= 0.3 is 0 Å². The first-order chi connectivity index (χ1) is 12.1. The summed E-state index contributed by atoms with van der Waals surface area (Å²) in [5.74, 6) is 1.35. The molecule has 0 saturated heterocycles. The smallest absolute Gasteiger partial charge is 0.262 e. The standard InChI is InChI=1S/C19H23N3O3/c1-4-25-18-11-7-16(8-12-18)21-14(2)19(23)22-20-13-15-5-9-17(24-3)10-6-15/h5-14,21H,4H2,1-3H3,(H,22,23)/b20-13-/t14-/m1/s1. The third-order valence-corrected chi connectivity index (χ3v) is 3.45. The second-order valence-electron chi connectivity index (χ2n) is 5.33. The van der Waals surface area contributed by atoms with Crippen molar-refractivity contribution in [2.75, 3.05) is 19.0 Å². The third-order valence-electron chi connectivity index (χ3n) is 3.45. The van der Waals surface area contributed by atoms with E-state index in [-0.39, 0.29) is 5.91 Å². The zero-order chi connectivity index (χ0) is 18.1. The second-order valence-corrected chi connectivity index (χ2v) is 5.33. The lowest BCUT2D eigenvalue weighted by Crippen LogP contribution is -2.34. The number of hydrazone groups is 1. The van der Waals surface area contributed by atoms with Crippen LogP contribution in [0, 0.1) is 0 Å². The highest BCUT2D eigenvalue weighted by Gasteiger charge is 2.11. The molecule has 2 rings (SSSR count). The second kappa shape index (κ2) is 9.32. The number of nitrogens with zero attached hydrogens (tertiary/aromatic N) is 1. The van der Waals surface area contributed by atoms with Crippen LogP contribution in [0.1, 0.15) is 19.4 Å². The third kappa shape index (κ3) is 5.84. The molecule has 132 valence electrons. The highest BCUT2D eigenvalue weighted by Crippen LogP contribution is 2.16. The van der Waals surface area contributed by atoms with Crippen molar-refractivity contribution in [3.63, 3.8) is 0 Å². The lowest BCUT2D eigenvalue weighted by molar-refractivity contribution is -0.121. The molecule has 0 aliphatic heterocycles. The molecule has 25 heavy (non-hydrogen) atoms. The van der Waals surface area contributed by atoms with E-state index in [4.69, 9.17) is 9.47 Å². The fourth-order valence-electron chi connectivity index (χ4n) is 2.09. The Labute approximate surface area is 147 Å². The van der Waals surface area contributed by atoms with Gasteiger partial charge in [-0.25, -0.2) is 5.43 Å².